The highest BCUT2D eigenvalue weighted by molar-refractivity contribution is 9.10. The molecule has 136 valence electrons. The molecule has 0 unspecified atom stereocenters. The van der Waals surface area contributed by atoms with Gasteiger partial charge in [0, 0.05) is 10.5 Å². The van der Waals surface area contributed by atoms with E-state index in [1.807, 2.05) is 41.8 Å². The Bertz CT molecular complexity index is 1070. The fraction of sp³-hybridized carbons (Fsp3) is 0.105. The molecule has 6 nitrogen and oxygen atoms in total. The van der Waals surface area contributed by atoms with Crippen LogP contribution in [0.25, 0.3) is 10.8 Å². The molecule has 4 aromatic rings. The van der Waals surface area contributed by atoms with Gasteiger partial charge < -0.3 is 9.73 Å². The molecule has 1 N–H and O–H groups in total. The van der Waals surface area contributed by atoms with Crippen LogP contribution in [-0.4, -0.2) is 20.7 Å². The van der Waals surface area contributed by atoms with Crippen LogP contribution in [0.3, 0.4) is 0 Å². The van der Waals surface area contributed by atoms with E-state index in [2.05, 4.69) is 31.3 Å². The van der Waals surface area contributed by atoms with E-state index < -0.39 is 0 Å². The van der Waals surface area contributed by atoms with Crippen LogP contribution < -0.4 is 5.32 Å². The molecular weight excluding hydrogens is 428 g/mol. The van der Waals surface area contributed by atoms with E-state index in [1.54, 1.807) is 23.9 Å². The average Bonchev–Trinajstić information content (AvgIpc) is 3.38. The van der Waals surface area contributed by atoms with E-state index in [1.165, 1.54) is 11.3 Å². The van der Waals surface area contributed by atoms with Gasteiger partial charge in [-0.1, -0.05) is 34.1 Å². The maximum Gasteiger partial charge on any atom is 0.279 e. The summed E-state index contributed by atoms with van der Waals surface area (Å²) in [7, 11) is 0. The van der Waals surface area contributed by atoms with Crippen molar-refractivity contribution in [2.45, 2.75) is 13.5 Å². The monoisotopic (exact) mass is 442 g/mol. The van der Waals surface area contributed by atoms with Crippen molar-refractivity contribution in [1.29, 1.82) is 0 Å². The number of hydrogen-bond donors (Lipinski definition) is 1. The SMILES string of the molecule is Cc1oc(-c2cccs2)nc1C(=O)Nc1ccnn1Cc1ccc(Br)cc1. The number of nitrogens with zero attached hydrogens (tertiary/aromatic N) is 3. The lowest BCUT2D eigenvalue weighted by atomic mass is 10.2. The Balaban J connectivity index is 1.52. The summed E-state index contributed by atoms with van der Waals surface area (Å²) in [6.07, 6.45) is 1.65. The summed E-state index contributed by atoms with van der Waals surface area (Å²) >= 11 is 4.94. The summed E-state index contributed by atoms with van der Waals surface area (Å²) in [6.45, 7) is 2.28. The number of rotatable bonds is 5. The number of nitrogens with one attached hydrogen (secondary N) is 1. The van der Waals surface area contributed by atoms with Crippen molar-refractivity contribution in [2.24, 2.45) is 0 Å². The van der Waals surface area contributed by atoms with Crippen molar-refractivity contribution in [1.82, 2.24) is 14.8 Å². The summed E-state index contributed by atoms with van der Waals surface area (Å²) in [4.78, 5) is 17.9. The number of benzene rings is 1. The van der Waals surface area contributed by atoms with Gasteiger partial charge in [0.05, 0.1) is 17.6 Å². The van der Waals surface area contributed by atoms with Crippen LogP contribution in [0.15, 0.2) is 62.9 Å². The molecule has 3 heterocycles. The van der Waals surface area contributed by atoms with Gasteiger partial charge in [-0.15, -0.1) is 11.3 Å². The van der Waals surface area contributed by atoms with Crippen LogP contribution in [0.5, 0.6) is 0 Å². The van der Waals surface area contributed by atoms with Crippen LogP contribution in [0.2, 0.25) is 0 Å². The van der Waals surface area contributed by atoms with Crippen molar-refractivity contribution in [3.63, 3.8) is 0 Å². The number of aromatic nitrogens is 3. The zero-order valence-electron chi connectivity index (χ0n) is 14.3. The average molecular weight is 443 g/mol. The van der Waals surface area contributed by atoms with Gasteiger partial charge >= 0.3 is 0 Å². The third-order valence-electron chi connectivity index (χ3n) is 3.95. The van der Waals surface area contributed by atoms with Crippen molar-refractivity contribution in [2.75, 3.05) is 5.32 Å². The minimum absolute atomic E-state index is 0.273. The molecule has 0 aliphatic heterocycles. The molecule has 4 rings (SSSR count). The summed E-state index contributed by atoms with van der Waals surface area (Å²) in [5.74, 6) is 1.21. The first-order valence-electron chi connectivity index (χ1n) is 8.19. The number of anilines is 1. The van der Waals surface area contributed by atoms with Gasteiger partial charge in [0.2, 0.25) is 5.89 Å². The van der Waals surface area contributed by atoms with Gasteiger partial charge in [-0.25, -0.2) is 9.67 Å². The molecule has 3 aromatic heterocycles. The molecule has 0 fully saturated rings. The first kappa shape index (κ1) is 17.7. The maximum absolute atomic E-state index is 12.7. The van der Waals surface area contributed by atoms with Crippen molar-refractivity contribution in [3.8, 4) is 10.8 Å². The first-order valence-corrected chi connectivity index (χ1v) is 9.86. The summed E-state index contributed by atoms with van der Waals surface area (Å²) in [5.41, 5.74) is 1.35. The number of thiophene rings is 1. The topological polar surface area (TPSA) is 73.0 Å². The number of halogens is 1. The Kier molecular flexibility index (Phi) is 4.91. The van der Waals surface area contributed by atoms with Crippen LogP contribution in [0.1, 0.15) is 21.8 Å². The molecule has 8 heteroatoms. The summed E-state index contributed by atoms with van der Waals surface area (Å²) < 4.78 is 8.40. The van der Waals surface area contributed by atoms with E-state index in [4.69, 9.17) is 4.42 Å². The highest BCUT2D eigenvalue weighted by Gasteiger charge is 2.19. The molecule has 0 saturated carbocycles. The standard InChI is InChI=1S/C19H15BrN4O2S/c1-12-17(23-19(26-12)15-3-2-10-27-15)18(25)22-16-8-9-21-24(16)11-13-4-6-14(20)7-5-13/h2-10H,11H2,1H3,(H,22,25). The molecule has 0 saturated heterocycles. The maximum atomic E-state index is 12.7. The molecule has 0 spiro atoms. The highest BCUT2D eigenvalue weighted by Crippen LogP contribution is 2.26. The van der Waals surface area contributed by atoms with E-state index in [0.717, 1.165) is 14.9 Å². The van der Waals surface area contributed by atoms with E-state index in [0.29, 0.717) is 24.0 Å². The Morgan fingerprint density at radius 1 is 1.26 bits per heavy atom. The molecule has 27 heavy (non-hydrogen) atoms. The van der Waals surface area contributed by atoms with Gasteiger partial charge in [0.1, 0.15) is 11.6 Å². The van der Waals surface area contributed by atoms with Gasteiger partial charge in [-0.3, -0.25) is 4.79 Å². The van der Waals surface area contributed by atoms with Gasteiger partial charge in [-0.2, -0.15) is 5.10 Å². The van der Waals surface area contributed by atoms with Crippen molar-refractivity contribution < 1.29 is 9.21 Å². The number of amides is 1. The molecule has 1 amide bonds. The van der Waals surface area contributed by atoms with Crippen LogP contribution >= 0.6 is 27.3 Å². The Labute approximate surface area is 168 Å². The fourth-order valence-electron chi connectivity index (χ4n) is 2.62. The van der Waals surface area contributed by atoms with E-state index in [-0.39, 0.29) is 11.6 Å². The quantitative estimate of drug-likeness (QED) is 0.473. The van der Waals surface area contributed by atoms with Crippen molar-refractivity contribution in [3.05, 3.63) is 75.5 Å². The molecule has 0 radical (unpaired) electrons. The lowest BCUT2D eigenvalue weighted by Crippen LogP contribution is -2.17. The summed E-state index contributed by atoms with van der Waals surface area (Å²) in [6, 6.07) is 13.5. The Morgan fingerprint density at radius 2 is 2.07 bits per heavy atom. The van der Waals surface area contributed by atoms with Crippen LogP contribution in [0.4, 0.5) is 5.82 Å². The first-order chi connectivity index (χ1) is 13.1. The second-order valence-electron chi connectivity index (χ2n) is 5.86. The fourth-order valence-corrected chi connectivity index (χ4v) is 3.53. The molecule has 0 aliphatic rings. The Morgan fingerprint density at radius 3 is 2.81 bits per heavy atom. The zero-order valence-corrected chi connectivity index (χ0v) is 16.8. The third-order valence-corrected chi connectivity index (χ3v) is 5.33. The zero-order chi connectivity index (χ0) is 18.8. The number of carbonyl (C=O) groups excluding carboxylic acids is 1. The minimum Gasteiger partial charge on any atom is -0.440 e. The predicted molar refractivity (Wildman–Crippen MR) is 108 cm³/mol. The third kappa shape index (κ3) is 3.86. The van der Waals surface area contributed by atoms with E-state index >= 15 is 0 Å². The largest absolute Gasteiger partial charge is 0.440 e. The highest BCUT2D eigenvalue weighted by atomic mass is 79.9. The molecule has 0 bridgehead atoms. The van der Waals surface area contributed by atoms with Gasteiger partial charge in [0.15, 0.2) is 5.69 Å². The summed E-state index contributed by atoms with van der Waals surface area (Å²) in [5, 5.41) is 9.11. The number of hydrogen-bond acceptors (Lipinski definition) is 5. The number of aryl methyl sites for hydroxylation is 1. The second kappa shape index (κ2) is 7.50. The normalized spacial score (nSPS) is 10.9. The minimum atomic E-state index is -0.323. The Hall–Kier alpha value is -2.71. The van der Waals surface area contributed by atoms with E-state index in [9.17, 15) is 4.79 Å². The molecule has 0 aliphatic carbocycles. The van der Waals surface area contributed by atoms with Crippen molar-refractivity contribution >= 4 is 39.0 Å². The molecule has 0 atom stereocenters. The molecular formula is C19H15BrN4O2S. The number of oxazole rings is 1. The van der Waals surface area contributed by atoms with Crippen LogP contribution in [0, 0.1) is 6.92 Å². The number of carbonyl (C=O) groups is 1. The smallest absolute Gasteiger partial charge is 0.279 e. The van der Waals surface area contributed by atoms with Crippen LogP contribution in [-0.2, 0) is 6.54 Å². The lowest BCUT2D eigenvalue weighted by Gasteiger charge is -2.08. The van der Waals surface area contributed by atoms with Gasteiger partial charge in [0.25, 0.3) is 5.91 Å². The molecule has 1 aromatic carbocycles. The second-order valence-corrected chi connectivity index (χ2v) is 7.72. The van der Waals surface area contributed by atoms with Gasteiger partial charge in [-0.05, 0) is 36.1 Å². The lowest BCUT2D eigenvalue weighted by molar-refractivity contribution is 0.102. The predicted octanol–water partition coefficient (Wildman–Crippen LogP) is 4.97.